The molecule has 0 aliphatic heterocycles. The van der Waals surface area contributed by atoms with Gasteiger partial charge in [-0.25, -0.2) is 8.42 Å². The van der Waals surface area contributed by atoms with Crippen LogP contribution in [0.4, 0.5) is 0 Å². The number of nitrogens with one attached hydrogen (secondary N) is 1. The number of carbonyl (C=O) groups is 1. The summed E-state index contributed by atoms with van der Waals surface area (Å²) in [6.45, 7) is 8.47. The topological polar surface area (TPSA) is 83.1 Å². The summed E-state index contributed by atoms with van der Waals surface area (Å²) in [4.78, 5) is 13.8. The third-order valence-electron chi connectivity index (χ3n) is 3.24. The van der Waals surface area contributed by atoms with Crippen molar-refractivity contribution in [3.63, 3.8) is 0 Å². The number of aryl methyl sites for hydroxylation is 1. The molecule has 1 aromatic rings. The summed E-state index contributed by atoms with van der Waals surface area (Å²) in [6.07, 6.45) is 0.935. The predicted octanol–water partition coefficient (Wildman–Crippen LogP) is 2.15. The van der Waals surface area contributed by atoms with Gasteiger partial charge >= 0.3 is 0 Å². The van der Waals surface area contributed by atoms with Crippen molar-refractivity contribution in [2.75, 3.05) is 13.1 Å². The van der Waals surface area contributed by atoms with Crippen LogP contribution in [0.25, 0.3) is 0 Å². The summed E-state index contributed by atoms with van der Waals surface area (Å²) in [5.74, 6) is -0.0913. The molecule has 0 aliphatic carbocycles. The molecule has 0 aliphatic rings. The lowest BCUT2D eigenvalue weighted by molar-refractivity contribution is 0.0731. The average Bonchev–Trinajstić information content (AvgIpc) is 2.76. The number of hydrogen-bond donors (Lipinski definition) is 1. The molecular weight excluding hydrogens is 302 g/mol. The second-order valence-electron chi connectivity index (χ2n) is 4.82. The van der Waals surface area contributed by atoms with Crippen molar-refractivity contribution in [2.45, 2.75) is 39.0 Å². The molecule has 1 heterocycles. The van der Waals surface area contributed by atoms with E-state index in [4.69, 9.17) is 10.7 Å². The summed E-state index contributed by atoms with van der Waals surface area (Å²) in [7, 11) is 1.37. The van der Waals surface area contributed by atoms with E-state index in [1.165, 1.54) is 6.92 Å². The largest absolute Gasteiger partial charge is 0.337 e. The number of H-pyrrole nitrogens is 1. The van der Waals surface area contributed by atoms with Gasteiger partial charge in [0.2, 0.25) is 0 Å². The van der Waals surface area contributed by atoms with Crippen LogP contribution in [-0.4, -0.2) is 42.5 Å². The van der Waals surface area contributed by atoms with Crippen LogP contribution in [0.3, 0.4) is 0 Å². The fraction of sp³-hybridized carbons (Fsp3) is 0.667. The lowest BCUT2D eigenvalue weighted by atomic mass is 10.1. The van der Waals surface area contributed by atoms with Gasteiger partial charge in [-0.15, -0.1) is 0 Å². The molecule has 1 unspecified atom stereocenters. The number of halogens is 1. The maximum Gasteiger partial charge on any atom is 0.275 e. The highest BCUT2D eigenvalue weighted by molar-refractivity contribution is 8.13. The number of carbonyl (C=O) groups excluding carboxylic acids is 1. The molecule has 1 rings (SSSR count). The Morgan fingerprint density at radius 3 is 2.50 bits per heavy atom. The average molecular weight is 322 g/mol. The van der Waals surface area contributed by atoms with Crippen LogP contribution in [0.2, 0.25) is 0 Å². The molecule has 1 amide bonds. The number of rotatable bonds is 6. The van der Waals surface area contributed by atoms with Gasteiger partial charge < -0.3 is 4.90 Å². The minimum atomic E-state index is -4.01. The van der Waals surface area contributed by atoms with Gasteiger partial charge in [0.15, 0.2) is 5.69 Å². The molecule has 1 N–H and O–H groups in total. The molecule has 8 heteroatoms. The number of aromatic amines is 1. The zero-order valence-electron chi connectivity index (χ0n) is 12.1. The van der Waals surface area contributed by atoms with Crippen LogP contribution in [-0.2, 0) is 9.05 Å². The molecule has 0 saturated heterocycles. The van der Waals surface area contributed by atoms with E-state index in [2.05, 4.69) is 10.2 Å². The second kappa shape index (κ2) is 6.58. The van der Waals surface area contributed by atoms with Gasteiger partial charge in [-0.3, -0.25) is 9.89 Å². The lowest BCUT2D eigenvalue weighted by Gasteiger charge is -2.23. The molecule has 0 radical (unpaired) electrons. The molecule has 0 aromatic carbocycles. The quantitative estimate of drug-likeness (QED) is 0.814. The molecule has 0 bridgehead atoms. The van der Waals surface area contributed by atoms with E-state index in [9.17, 15) is 13.2 Å². The Kier molecular flexibility index (Phi) is 5.59. The van der Waals surface area contributed by atoms with Crippen molar-refractivity contribution >= 4 is 25.6 Å². The lowest BCUT2D eigenvalue weighted by Crippen LogP contribution is -2.35. The Hall–Kier alpha value is -1.08. The minimum Gasteiger partial charge on any atom is -0.337 e. The molecule has 6 nitrogen and oxygen atoms in total. The SMILES string of the molecule is CCC(C)CN(CC)C(=O)c1n[nH]c(C)c1S(=O)(=O)Cl. The highest BCUT2D eigenvalue weighted by Gasteiger charge is 2.29. The van der Waals surface area contributed by atoms with Crippen LogP contribution in [0, 0.1) is 12.8 Å². The normalized spacial score (nSPS) is 13.2. The fourth-order valence-electron chi connectivity index (χ4n) is 1.87. The van der Waals surface area contributed by atoms with E-state index in [1.54, 1.807) is 4.90 Å². The highest BCUT2D eigenvalue weighted by Crippen LogP contribution is 2.23. The summed E-state index contributed by atoms with van der Waals surface area (Å²) in [6, 6.07) is 0. The van der Waals surface area contributed by atoms with E-state index in [1.807, 2.05) is 20.8 Å². The summed E-state index contributed by atoms with van der Waals surface area (Å²) < 4.78 is 23.1. The van der Waals surface area contributed by atoms with Gasteiger partial charge in [0, 0.05) is 23.8 Å². The van der Waals surface area contributed by atoms with Crippen LogP contribution in [0.15, 0.2) is 4.90 Å². The van der Waals surface area contributed by atoms with Gasteiger partial charge in [-0.1, -0.05) is 20.3 Å². The number of hydrogen-bond acceptors (Lipinski definition) is 4. The van der Waals surface area contributed by atoms with Crippen LogP contribution in [0.1, 0.15) is 43.4 Å². The summed E-state index contributed by atoms with van der Waals surface area (Å²) in [5, 5.41) is 6.31. The van der Waals surface area contributed by atoms with E-state index in [0.29, 0.717) is 19.0 Å². The third kappa shape index (κ3) is 3.73. The number of amides is 1. The van der Waals surface area contributed by atoms with Gasteiger partial charge in [-0.2, -0.15) is 5.10 Å². The van der Waals surface area contributed by atoms with Crippen molar-refractivity contribution in [2.24, 2.45) is 5.92 Å². The zero-order valence-corrected chi connectivity index (χ0v) is 13.7. The summed E-state index contributed by atoms with van der Waals surface area (Å²) >= 11 is 0. The molecule has 0 fully saturated rings. The molecule has 0 spiro atoms. The first-order chi connectivity index (χ1) is 9.22. The van der Waals surface area contributed by atoms with Gasteiger partial charge in [0.1, 0.15) is 4.90 Å². The van der Waals surface area contributed by atoms with Crippen molar-refractivity contribution in [1.29, 1.82) is 0 Å². The Labute approximate surface area is 123 Å². The predicted molar refractivity (Wildman–Crippen MR) is 77.4 cm³/mol. The van der Waals surface area contributed by atoms with Gasteiger partial charge in [0.05, 0.1) is 5.69 Å². The van der Waals surface area contributed by atoms with Crippen molar-refractivity contribution in [1.82, 2.24) is 15.1 Å². The molecule has 0 saturated carbocycles. The second-order valence-corrected chi connectivity index (χ2v) is 7.32. The Morgan fingerprint density at radius 2 is 2.05 bits per heavy atom. The van der Waals surface area contributed by atoms with Gasteiger partial charge in [-0.05, 0) is 19.8 Å². The van der Waals surface area contributed by atoms with Crippen LogP contribution in [0.5, 0.6) is 0 Å². The van der Waals surface area contributed by atoms with Crippen molar-refractivity contribution in [3.05, 3.63) is 11.4 Å². The van der Waals surface area contributed by atoms with Gasteiger partial charge in [0.25, 0.3) is 15.0 Å². The maximum absolute atomic E-state index is 12.4. The number of nitrogens with zero attached hydrogens (tertiary/aromatic N) is 2. The standard InChI is InChI=1S/C12H20ClN3O3S/c1-5-8(3)7-16(6-2)12(17)10-11(20(13,18)19)9(4)14-15-10/h8H,5-7H2,1-4H3,(H,14,15). The molecule has 114 valence electrons. The molecular formula is C12H20ClN3O3S. The first kappa shape index (κ1) is 17.0. The minimum absolute atomic E-state index is 0.136. The zero-order chi connectivity index (χ0) is 15.5. The van der Waals surface area contributed by atoms with Crippen molar-refractivity contribution < 1.29 is 13.2 Å². The summed E-state index contributed by atoms with van der Waals surface area (Å²) in [5.41, 5.74) is 0.130. The van der Waals surface area contributed by atoms with Crippen LogP contribution >= 0.6 is 10.7 Å². The Morgan fingerprint density at radius 1 is 1.45 bits per heavy atom. The Bertz CT molecular complexity index is 583. The first-order valence-electron chi connectivity index (χ1n) is 6.51. The third-order valence-corrected chi connectivity index (χ3v) is 4.69. The molecule has 20 heavy (non-hydrogen) atoms. The number of aromatic nitrogens is 2. The highest BCUT2D eigenvalue weighted by atomic mass is 35.7. The molecule has 1 aromatic heterocycles. The molecule has 1 atom stereocenters. The van der Waals surface area contributed by atoms with E-state index < -0.39 is 15.0 Å². The smallest absolute Gasteiger partial charge is 0.275 e. The van der Waals surface area contributed by atoms with E-state index in [0.717, 1.165) is 6.42 Å². The van der Waals surface area contributed by atoms with E-state index in [-0.39, 0.29) is 16.3 Å². The van der Waals surface area contributed by atoms with Crippen LogP contribution < -0.4 is 0 Å². The van der Waals surface area contributed by atoms with E-state index >= 15 is 0 Å². The Balaban J connectivity index is 3.15. The van der Waals surface area contributed by atoms with Crippen molar-refractivity contribution in [3.8, 4) is 0 Å². The maximum atomic E-state index is 12.4. The monoisotopic (exact) mass is 321 g/mol. The first-order valence-corrected chi connectivity index (χ1v) is 8.82. The fourth-order valence-corrected chi connectivity index (χ4v) is 3.21.